The van der Waals surface area contributed by atoms with Crippen LogP contribution in [0.1, 0.15) is 12.0 Å². The predicted octanol–water partition coefficient (Wildman–Crippen LogP) is 5.69. The third-order valence-electron chi connectivity index (χ3n) is 4.11. The average Bonchev–Trinajstić information content (AvgIpc) is 2.68. The van der Waals surface area contributed by atoms with Crippen molar-refractivity contribution in [2.75, 3.05) is 0 Å². The Bertz CT molecular complexity index is 941. The molecule has 0 aliphatic carbocycles. The molecule has 144 valence electrons. The van der Waals surface area contributed by atoms with E-state index >= 15 is 0 Å². The summed E-state index contributed by atoms with van der Waals surface area (Å²) in [7, 11) is 0. The van der Waals surface area contributed by atoms with Crippen LogP contribution in [0.25, 0.3) is 0 Å². The third-order valence-corrected chi connectivity index (χ3v) is 4.11. The highest BCUT2D eigenvalue weighted by atomic mass is 19.4. The Morgan fingerprint density at radius 3 is 2.11 bits per heavy atom. The molecule has 1 heterocycles. The van der Waals surface area contributed by atoms with E-state index in [1.54, 1.807) is 36.4 Å². The van der Waals surface area contributed by atoms with Crippen molar-refractivity contribution >= 4 is 5.71 Å². The van der Waals surface area contributed by atoms with Crippen LogP contribution in [0, 0.1) is 11.3 Å². The van der Waals surface area contributed by atoms with E-state index in [0.717, 1.165) is 6.08 Å². The van der Waals surface area contributed by atoms with E-state index in [1.165, 1.54) is 18.2 Å². The first-order chi connectivity index (χ1) is 13.2. The zero-order valence-corrected chi connectivity index (χ0v) is 14.3. The predicted molar refractivity (Wildman–Crippen MR) is 92.6 cm³/mol. The fourth-order valence-electron chi connectivity index (χ4n) is 2.67. The summed E-state index contributed by atoms with van der Waals surface area (Å²) in [5.74, 6) is -4.08. The summed E-state index contributed by atoms with van der Waals surface area (Å²) in [6.45, 7) is 0. The molecule has 1 aliphatic rings. The molecule has 2 aromatic carbocycles. The van der Waals surface area contributed by atoms with E-state index in [0.29, 0.717) is 17.1 Å². The molecule has 2 aromatic rings. The lowest BCUT2D eigenvalue weighted by Gasteiger charge is -2.28. The number of aliphatic imine (C=N–C) groups is 1. The van der Waals surface area contributed by atoms with Gasteiger partial charge in [0, 0.05) is 12.1 Å². The minimum Gasteiger partial charge on any atom is -0.457 e. The van der Waals surface area contributed by atoms with Gasteiger partial charge in [-0.3, -0.25) is 4.99 Å². The molecule has 1 unspecified atom stereocenters. The van der Waals surface area contributed by atoms with Crippen molar-refractivity contribution in [2.24, 2.45) is 4.99 Å². The molecular formula is C20H13F5N2O. The van der Waals surface area contributed by atoms with Gasteiger partial charge >= 0.3 is 12.1 Å². The van der Waals surface area contributed by atoms with Gasteiger partial charge in [-0.2, -0.15) is 27.2 Å². The molecule has 0 amide bonds. The third kappa shape index (κ3) is 3.88. The van der Waals surface area contributed by atoms with E-state index < -0.39 is 23.7 Å². The van der Waals surface area contributed by atoms with Gasteiger partial charge < -0.3 is 4.74 Å². The standard InChI is InChI=1S/C20H13F5N2O/c21-19(22,20(23,24)25)18-14(12-26)8-11-17(27-18)13-6-9-16(10-7-13)28-15-4-2-1-3-5-15/h1-10,18H,11H2. The number of alkyl halides is 5. The lowest BCUT2D eigenvalue weighted by atomic mass is 9.94. The monoisotopic (exact) mass is 392 g/mol. The fourth-order valence-corrected chi connectivity index (χ4v) is 2.67. The lowest BCUT2D eigenvalue weighted by Crippen LogP contribution is -2.48. The van der Waals surface area contributed by atoms with E-state index in [9.17, 15) is 22.0 Å². The van der Waals surface area contributed by atoms with Crippen LogP contribution in [0.15, 0.2) is 71.2 Å². The van der Waals surface area contributed by atoms with Gasteiger partial charge in [0.1, 0.15) is 11.5 Å². The minimum absolute atomic E-state index is 0.0216. The number of para-hydroxylation sites is 1. The largest absolute Gasteiger partial charge is 0.457 e. The Balaban J connectivity index is 1.86. The summed E-state index contributed by atoms with van der Waals surface area (Å²) in [6.07, 6.45) is -4.78. The number of halogens is 5. The van der Waals surface area contributed by atoms with E-state index in [4.69, 9.17) is 10.00 Å². The number of hydrogen-bond acceptors (Lipinski definition) is 3. The van der Waals surface area contributed by atoms with E-state index in [-0.39, 0.29) is 12.1 Å². The van der Waals surface area contributed by atoms with Crippen molar-refractivity contribution in [3.05, 3.63) is 71.8 Å². The van der Waals surface area contributed by atoms with E-state index in [2.05, 4.69) is 4.99 Å². The number of allylic oxidation sites excluding steroid dienone is 1. The summed E-state index contributed by atoms with van der Waals surface area (Å²) >= 11 is 0. The first-order valence-electron chi connectivity index (χ1n) is 8.17. The fraction of sp³-hybridized carbons (Fsp3) is 0.200. The second-order valence-corrected chi connectivity index (χ2v) is 6.01. The van der Waals surface area contributed by atoms with Crippen molar-refractivity contribution in [3.63, 3.8) is 0 Å². The summed E-state index contributed by atoms with van der Waals surface area (Å²) in [5, 5.41) is 8.92. The number of ether oxygens (including phenoxy) is 1. The number of rotatable bonds is 4. The van der Waals surface area contributed by atoms with Gasteiger partial charge in [0.25, 0.3) is 0 Å². The Morgan fingerprint density at radius 1 is 0.929 bits per heavy atom. The van der Waals surface area contributed by atoms with Crippen LogP contribution in [0.5, 0.6) is 11.5 Å². The minimum atomic E-state index is -5.81. The normalized spacial score (nSPS) is 17.4. The smallest absolute Gasteiger partial charge is 0.456 e. The molecule has 0 aromatic heterocycles. The van der Waals surface area contributed by atoms with Gasteiger partial charge in [-0.1, -0.05) is 24.3 Å². The Morgan fingerprint density at radius 2 is 1.54 bits per heavy atom. The number of benzene rings is 2. The van der Waals surface area contributed by atoms with Gasteiger partial charge in [0.15, 0.2) is 6.04 Å². The average molecular weight is 392 g/mol. The van der Waals surface area contributed by atoms with Crippen molar-refractivity contribution in [3.8, 4) is 17.6 Å². The van der Waals surface area contributed by atoms with Crippen LogP contribution >= 0.6 is 0 Å². The Labute approximate surface area is 157 Å². The Kier molecular flexibility index (Phi) is 5.18. The van der Waals surface area contributed by atoms with Gasteiger partial charge in [0.2, 0.25) is 0 Å². The second-order valence-electron chi connectivity index (χ2n) is 6.01. The first-order valence-corrected chi connectivity index (χ1v) is 8.17. The van der Waals surface area contributed by atoms with Crippen LogP contribution in [-0.2, 0) is 0 Å². The van der Waals surface area contributed by atoms with Crippen LogP contribution in [0.2, 0.25) is 0 Å². The highest BCUT2D eigenvalue weighted by Gasteiger charge is 2.64. The second kappa shape index (κ2) is 7.43. The molecule has 0 saturated heterocycles. The molecule has 0 bridgehead atoms. The summed E-state index contributed by atoms with van der Waals surface area (Å²) in [5.41, 5.74) is -0.286. The van der Waals surface area contributed by atoms with Gasteiger partial charge in [0.05, 0.1) is 11.6 Å². The van der Waals surface area contributed by atoms with Gasteiger partial charge in [-0.25, -0.2) is 0 Å². The molecule has 3 nitrogen and oxygen atoms in total. The number of hydrogen-bond donors (Lipinski definition) is 0. The first kappa shape index (κ1) is 19.5. The van der Waals surface area contributed by atoms with Crippen LogP contribution in [0.3, 0.4) is 0 Å². The van der Waals surface area contributed by atoms with Crippen molar-refractivity contribution in [1.82, 2.24) is 0 Å². The molecular weight excluding hydrogens is 379 g/mol. The Hall–Kier alpha value is -3.21. The van der Waals surface area contributed by atoms with Crippen LogP contribution < -0.4 is 4.74 Å². The van der Waals surface area contributed by atoms with Crippen molar-refractivity contribution in [1.29, 1.82) is 5.26 Å². The summed E-state index contributed by atoms with van der Waals surface area (Å²) < 4.78 is 71.5. The SMILES string of the molecule is N#CC1=CCC(c2ccc(Oc3ccccc3)cc2)=NC1C(F)(F)C(F)(F)F. The van der Waals surface area contributed by atoms with E-state index in [1.807, 2.05) is 6.07 Å². The highest BCUT2D eigenvalue weighted by molar-refractivity contribution is 6.02. The molecule has 1 atom stereocenters. The molecule has 0 saturated carbocycles. The zero-order valence-electron chi connectivity index (χ0n) is 14.3. The molecule has 3 rings (SSSR count). The zero-order chi connectivity index (χ0) is 20.4. The number of nitriles is 1. The maximum Gasteiger partial charge on any atom is 0.456 e. The van der Waals surface area contributed by atoms with Gasteiger partial charge in [-0.05, 0) is 42.0 Å². The molecule has 1 aliphatic heterocycles. The maximum absolute atomic E-state index is 13.8. The van der Waals surface area contributed by atoms with Crippen molar-refractivity contribution in [2.45, 2.75) is 24.6 Å². The highest BCUT2D eigenvalue weighted by Crippen LogP contribution is 2.43. The van der Waals surface area contributed by atoms with Crippen LogP contribution in [0.4, 0.5) is 22.0 Å². The summed E-state index contributed by atoms with van der Waals surface area (Å²) in [4.78, 5) is 3.57. The van der Waals surface area contributed by atoms with Crippen molar-refractivity contribution < 1.29 is 26.7 Å². The van der Waals surface area contributed by atoms with Crippen LogP contribution in [-0.4, -0.2) is 23.9 Å². The molecule has 0 radical (unpaired) electrons. The molecule has 0 N–H and O–H groups in total. The number of nitrogens with zero attached hydrogens (tertiary/aromatic N) is 2. The maximum atomic E-state index is 13.8. The lowest BCUT2D eigenvalue weighted by molar-refractivity contribution is -0.285. The van der Waals surface area contributed by atoms with Gasteiger partial charge in [-0.15, -0.1) is 0 Å². The molecule has 0 spiro atoms. The summed E-state index contributed by atoms with van der Waals surface area (Å²) in [6, 6.07) is 13.9. The molecule has 28 heavy (non-hydrogen) atoms. The molecule has 8 heteroatoms. The number of dihydropyridines is 1. The quantitative estimate of drug-likeness (QED) is 0.628. The molecule has 0 fully saturated rings. The topological polar surface area (TPSA) is 45.4 Å².